The van der Waals surface area contributed by atoms with Gasteiger partial charge in [-0.1, -0.05) is 60.7 Å². The zero-order valence-electron chi connectivity index (χ0n) is 16.3. The molecule has 158 valence electrons. The second-order valence-electron chi connectivity index (χ2n) is 7.24. The highest BCUT2D eigenvalue weighted by molar-refractivity contribution is 6.10. The first-order valence-corrected chi connectivity index (χ1v) is 9.65. The molecule has 0 aromatic heterocycles. The number of rotatable bonds is 5. The highest BCUT2D eigenvalue weighted by Gasteiger charge is 2.40. The van der Waals surface area contributed by atoms with E-state index in [1.165, 1.54) is 12.1 Å². The Balaban J connectivity index is 1.60. The molecule has 0 fully saturated rings. The van der Waals surface area contributed by atoms with Crippen molar-refractivity contribution < 1.29 is 27.6 Å². The number of hydrogen-bond donors (Lipinski definition) is 0. The van der Waals surface area contributed by atoms with Gasteiger partial charge in [-0.15, -0.1) is 5.06 Å². The van der Waals surface area contributed by atoms with Crippen molar-refractivity contribution in [2.24, 2.45) is 0 Å². The average molecular weight is 425 g/mol. The molecule has 0 spiro atoms. The zero-order chi connectivity index (χ0) is 22.0. The van der Waals surface area contributed by atoms with Gasteiger partial charge in [0.1, 0.15) is 6.61 Å². The molecule has 0 aliphatic carbocycles. The minimum Gasteiger partial charge on any atom is -0.271 e. The summed E-state index contributed by atoms with van der Waals surface area (Å²) >= 11 is 0. The van der Waals surface area contributed by atoms with Gasteiger partial charge in [-0.3, -0.25) is 14.4 Å². The van der Waals surface area contributed by atoms with E-state index in [0.29, 0.717) is 16.7 Å². The molecule has 1 aliphatic heterocycles. The Morgan fingerprint density at radius 1 is 0.806 bits per heavy atom. The number of alkyl halides is 3. The second-order valence-corrected chi connectivity index (χ2v) is 7.24. The number of halogens is 3. The van der Waals surface area contributed by atoms with Crippen molar-refractivity contribution in [2.45, 2.75) is 25.1 Å². The number of nitrogens with zero attached hydrogens (tertiary/aromatic N) is 1. The Hall–Kier alpha value is -3.45. The maximum Gasteiger partial charge on any atom is 0.416 e. The van der Waals surface area contributed by atoms with Crippen LogP contribution in [0, 0.1) is 0 Å². The minimum absolute atomic E-state index is 0.0352. The zero-order valence-corrected chi connectivity index (χ0v) is 16.3. The van der Waals surface area contributed by atoms with Crippen LogP contribution in [-0.4, -0.2) is 16.9 Å². The van der Waals surface area contributed by atoms with Gasteiger partial charge in [0.2, 0.25) is 0 Å². The van der Waals surface area contributed by atoms with E-state index in [2.05, 4.69) is 0 Å². The standard InChI is InChI=1S/C24H18F3NO3/c25-24(26,27)18-12-10-16(11-13-18)14-21-19-8-4-5-9-20(19)22(29)28(23(21)30)31-15-17-6-2-1-3-7-17/h1-13,21H,14-15H2. The summed E-state index contributed by atoms with van der Waals surface area (Å²) in [5.74, 6) is -1.85. The summed E-state index contributed by atoms with van der Waals surface area (Å²) in [5, 5.41) is 0.768. The van der Waals surface area contributed by atoms with Gasteiger partial charge in [0.25, 0.3) is 11.8 Å². The van der Waals surface area contributed by atoms with E-state index < -0.39 is 29.5 Å². The molecule has 0 saturated carbocycles. The molecule has 1 heterocycles. The number of hydrogen-bond acceptors (Lipinski definition) is 3. The van der Waals surface area contributed by atoms with E-state index in [9.17, 15) is 22.8 Å². The highest BCUT2D eigenvalue weighted by Crippen LogP contribution is 2.34. The lowest BCUT2D eigenvalue weighted by molar-refractivity contribution is -0.176. The summed E-state index contributed by atoms with van der Waals surface area (Å²) in [6.07, 6.45) is -4.28. The number of imide groups is 1. The number of carbonyl (C=O) groups is 2. The van der Waals surface area contributed by atoms with Crippen LogP contribution in [0.2, 0.25) is 0 Å². The molecule has 1 atom stereocenters. The lowest BCUT2D eigenvalue weighted by Gasteiger charge is -2.31. The number of amides is 2. The molecule has 3 aromatic carbocycles. The van der Waals surface area contributed by atoms with Crippen LogP contribution in [0.25, 0.3) is 0 Å². The fourth-order valence-corrected chi connectivity index (χ4v) is 3.58. The summed E-state index contributed by atoms with van der Waals surface area (Å²) < 4.78 is 38.5. The van der Waals surface area contributed by atoms with Crippen LogP contribution >= 0.6 is 0 Å². The van der Waals surface area contributed by atoms with Crippen LogP contribution in [0.1, 0.15) is 38.5 Å². The van der Waals surface area contributed by atoms with Gasteiger partial charge in [-0.25, -0.2) is 0 Å². The van der Waals surface area contributed by atoms with Crippen molar-refractivity contribution in [3.05, 3.63) is 107 Å². The van der Waals surface area contributed by atoms with E-state index in [4.69, 9.17) is 4.84 Å². The van der Waals surface area contributed by atoms with Crippen LogP contribution in [0.4, 0.5) is 13.2 Å². The smallest absolute Gasteiger partial charge is 0.271 e. The molecule has 0 radical (unpaired) electrons. The van der Waals surface area contributed by atoms with Crippen LogP contribution in [0.3, 0.4) is 0 Å². The van der Waals surface area contributed by atoms with Crippen LogP contribution in [0.15, 0.2) is 78.9 Å². The van der Waals surface area contributed by atoms with Crippen LogP contribution < -0.4 is 0 Å². The summed E-state index contributed by atoms with van der Waals surface area (Å²) in [4.78, 5) is 31.6. The second kappa shape index (κ2) is 8.35. The lowest BCUT2D eigenvalue weighted by Crippen LogP contribution is -2.45. The Bertz CT molecular complexity index is 1100. The van der Waals surface area contributed by atoms with E-state index in [-0.39, 0.29) is 13.0 Å². The van der Waals surface area contributed by atoms with Crippen molar-refractivity contribution in [1.82, 2.24) is 5.06 Å². The maximum absolute atomic E-state index is 13.2. The van der Waals surface area contributed by atoms with E-state index in [1.54, 1.807) is 24.3 Å². The van der Waals surface area contributed by atoms with E-state index >= 15 is 0 Å². The molecule has 1 aliphatic rings. The molecular formula is C24H18F3NO3. The Kier molecular flexibility index (Phi) is 5.61. The highest BCUT2D eigenvalue weighted by atomic mass is 19.4. The van der Waals surface area contributed by atoms with Gasteiger partial charge in [0.15, 0.2) is 0 Å². The molecular weight excluding hydrogens is 407 g/mol. The predicted octanol–water partition coefficient (Wildman–Crippen LogP) is 5.15. The molecule has 1 unspecified atom stereocenters. The largest absolute Gasteiger partial charge is 0.416 e. The van der Waals surface area contributed by atoms with Crippen molar-refractivity contribution in [2.75, 3.05) is 0 Å². The first-order valence-electron chi connectivity index (χ1n) is 9.65. The SMILES string of the molecule is O=C1c2ccccc2C(Cc2ccc(C(F)(F)F)cc2)C(=O)N1OCc1ccccc1. The summed E-state index contributed by atoms with van der Waals surface area (Å²) in [7, 11) is 0. The molecule has 3 aromatic rings. The first-order chi connectivity index (χ1) is 14.8. The molecule has 7 heteroatoms. The Labute approximate surface area is 176 Å². The molecule has 0 bridgehead atoms. The number of carbonyl (C=O) groups excluding carboxylic acids is 2. The van der Waals surface area contributed by atoms with Crippen molar-refractivity contribution in [1.29, 1.82) is 0 Å². The van der Waals surface area contributed by atoms with Gasteiger partial charge in [-0.05, 0) is 41.3 Å². The molecule has 0 N–H and O–H groups in total. The summed E-state index contributed by atoms with van der Waals surface area (Å²) in [6, 6.07) is 20.5. The Morgan fingerprint density at radius 3 is 2.13 bits per heavy atom. The fourth-order valence-electron chi connectivity index (χ4n) is 3.58. The third kappa shape index (κ3) is 4.36. The molecule has 31 heavy (non-hydrogen) atoms. The average Bonchev–Trinajstić information content (AvgIpc) is 2.77. The van der Waals surface area contributed by atoms with Crippen LogP contribution in [-0.2, 0) is 28.8 Å². The number of hydroxylamine groups is 2. The lowest BCUT2D eigenvalue weighted by atomic mass is 9.85. The van der Waals surface area contributed by atoms with Gasteiger partial charge < -0.3 is 0 Å². The third-order valence-electron chi connectivity index (χ3n) is 5.17. The molecule has 0 saturated heterocycles. The van der Waals surface area contributed by atoms with Gasteiger partial charge in [0, 0.05) is 5.56 Å². The van der Waals surface area contributed by atoms with E-state index in [1.807, 2.05) is 30.3 Å². The predicted molar refractivity (Wildman–Crippen MR) is 107 cm³/mol. The summed E-state index contributed by atoms with van der Waals surface area (Å²) in [6.45, 7) is 0.0352. The fraction of sp³-hybridized carbons (Fsp3) is 0.167. The third-order valence-corrected chi connectivity index (χ3v) is 5.17. The van der Waals surface area contributed by atoms with Crippen LogP contribution in [0.5, 0.6) is 0 Å². The molecule has 2 amide bonds. The van der Waals surface area contributed by atoms with Gasteiger partial charge >= 0.3 is 6.18 Å². The molecule has 4 nitrogen and oxygen atoms in total. The Morgan fingerprint density at radius 2 is 1.45 bits per heavy atom. The van der Waals surface area contributed by atoms with E-state index in [0.717, 1.165) is 22.8 Å². The van der Waals surface area contributed by atoms with Crippen molar-refractivity contribution in [3.63, 3.8) is 0 Å². The monoisotopic (exact) mass is 425 g/mol. The van der Waals surface area contributed by atoms with Gasteiger partial charge in [-0.2, -0.15) is 13.2 Å². The maximum atomic E-state index is 13.2. The normalized spacial score (nSPS) is 16.4. The van der Waals surface area contributed by atoms with Crippen molar-refractivity contribution >= 4 is 11.8 Å². The quantitative estimate of drug-likeness (QED) is 0.532. The van der Waals surface area contributed by atoms with Gasteiger partial charge in [0.05, 0.1) is 11.5 Å². The topological polar surface area (TPSA) is 46.6 Å². The summed E-state index contributed by atoms with van der Waals surface area (Å²) in [5.41, 5.74) is 1.47. The number of fused-ring (bicyclic) bond motifs is 1. The molecule has 4 rings (SSSR count). The number of benzene rings is 3. The van der Waals surface area contributed by atoms with Crippen molar-refractivity contribution in [3.8, 4) is 0 Å². The minimum atomic E-state index is -4.43. The first kappa shape index (κ1) is 20.8.